The summed E-state index contributed by atoms with van der Waals surface area (Å²) in [7, 11) is 1.58. The van der Waals surface area contributed by atoms with Crippen LogP contribution in [-0.2, 0) is 6.61 Å². The minimum Gasteiger partial charge on any atom is -0.493 e. The number of allylic oxidation sites excluding steroid dienone is 1. The van der Waals surface area contributed by atoms with Crippen molar-refractivity contribution < 1.29 is 14.2 Å². The predicted octanol–water partition coefficient (Wildman–Crippen LogP) is 4.18. The van der Waals surface area contributed by atoms with Crippen LogP contribution in [0.25, 0.3) is 0 Å². The standard InChI is InChI=1S/C22H19ClN4O3/c1-12-19-20(16(10-24)21(25)30-22(19)27-26-12)14-5-8-17(28-2)18(9-14)29-11-13-3-6-15(23)7-4-13/h3-9,20H,11,25H2,1-2H3,(H,26,27)/t20-/m1/s1. The number of H-pyrrole nitrogens is 1. The number of hydrogen-bond donors (Lipinski definition) is 2. The topological polar surface area (TPSA) is 106 Å². The molecule has 8 heteroatoms. The molecule has 1 aromatic heterocycles. The Morgan fingerprint density at radius 2 is 2.00 bits per heavy atom. The summed E-state index contributed by atoms with van der Waals surface area (Å²) < 4.78 is 17.0. The zero-order chi connectivity index (χ0) is 21.3. The normalized spacial score (nSPS) is 15.2. The Balaban J connectivity index is 1.72. The Morgan fingerprint density at radius 3 is 2.70 bits per heavy atom. The number of aryl methyl sites for hydroxylation is 1. The second-order valence-electron chi connectivity index (χ2n) is 6.82. The van der Waals surface area contributed by atoms with E-state index in [0.29, 0.717) is 34.6 Å². The third-order valence-corrected chi connectivity index (χ3v) is 5.21. The first kappa shape index (κ1) is 19.7. The molecule has 152 valence electrons. The molecule has 2 heterocycles. The van der Waals surface area contributed by atoms with Gasteiger partial charge >= 0.3 is 0 Å². The highest BCUT2D eigenvalue weighted by Gasteiger charge is 2.34. The summed E-state index contributed by atoms with van der Waals surface area (Å²) in [5.74, 6) is 1.12. The van der Waals surface area contributed by atoms with Crippen LogP contribution in [0.1, 0.15) is 28.3 Å². The van der Waals surface area contributed by atoms with Crippen LogP contribution in [0, 0.1) is 18.3 Å². The van der Waals surface area contributed by atoms with Crippen molar-refractivity contribution in [3.8, 4) is 23.4 Å². The lowest BCUT2D eigenvalue weighted by Gasteiger charge is -2.24. The van der Waals surface area contributed by atoms with Crippen LogP contribution in [0.3, 0.4) is 0 Å². The highest BCUT2D eigenvalue weighted by Crippen LogP contribution is 2.44. The molecule has 1 aliphatic rings. The quantitative estimate of drug-likeness (QED) is 0.638. The molecule has 0 radical (unpaired) electrons. The number of ether oxygens (including phenoxy) is 3. The number of nitrogens with zero attached hydrogens (tertiary/aromatic N) is 2. The van der Waals surface area contributed by atoms with Crippen molar-refractivity contribution in [3.63, 3.8) is 0 Å². The molecule has 4 rings (SSSR count). The molecular weight excluding hydrogens is 404 g/mol. The molecule has 0 fully saturated rings. The van der Waals surface area contributed by atoms with E-state index in [4.69, 9.17) is 31.5 Å². The molecule has 1 aliphatic heterocycles. The highest BCUT2D eigenvalue weighted by molar-refractivity contribution is 6.30. The molecule has 0 saturated carbocycles. The number of aromatic nitrogens is 2. The lowest BCUT2D eigenvalue weighted by Crippen LogP contribution is -2.21. The third kappa shape index (κ3) is 3.53. The first-order valence-corrected chi connectivity index (χ1v) is 9.57. The van der Waals surface area contributed by atoms with Crippen molar-refractivity contribution in [2.24, 2.45) is 5.73 Å². The van der Waals surface area contributed by atoms with Crippen LogP contribution in [0.5, 0.6) is 17.4 Å². The summed E-state index contributed by atoms with van der Waals surface area (Å²) in [6.45, 7) is 2.21. The Hall–Kier alpha value is -3.63. The number of benzene rings is 2. The summed E-state index contributed by atoms with van der Waals surface area (Å²) >= 11 is 5.95. The zero-order valence-corrected chi connectivity index (χ0v) is 17.2. The fraction of sp³-hybridized carbons (Fsp3) is 0.182. The lowest BCUT2D eigenvalue weighted by atomic mass is 9.84. The van der Waals surface area contributed by atoms with Gasteiger partial charge in [0.05, 0.1) is 13.0 Å². The van der Waals surface area contributed by atoms with E-state index in [2.05, 4.69) is 16.3 Å². The van der Waals surface area contributed by atoms with E-state index in [9.17, 15) is 5.26 Å². The lowest BCUT2D eigenvalue weighted by molar-refractivity contribution is 0.284. The van der Waals surface area contributed by atoms with Gasteiger partial charge < -0.3 is 19.9 Å². The van der Waals surface area contributed by atoms with E-state index in [1.54, 1.807) is 7.11 Å². The van der Waals surface area contributed by atoms with Gasteiger partial charge in [-0.1, -0.05) is 29.8 Å². The van der Waals surface area contributed by atoms with Crippen LogP contribution in [0.15, 0.2) is 53.9 Å². The van der Waals surface area contributed by atoms with E-state index in [0.717, 1.165) is 22.4 Å². The van der Waals surface area contributed by atoms with E-state index < -0.39 is 5.92 Å². The molecule has 0 spiro atoms. The third-order valence-electron chi connectivity index (χ3n) is 4.96. The predicted molar refractivity (Wildman–Crippen MR) is 111 cm³/mol. The van der Waals surface area contributed by atoms with Crippen molar-refractivity contribution in [2.45, 2.75) is 19.4 Å². The van der Waals surface area contributed by atoms with Gasteiger partial charge in [-0.25, -0.2) is 0 Å². The highest BCUT2D eigenvalue weighted by atomic mass is 35.5. The molecule has 7 nitrogen and oxygen atoms in total. The number of rotatable bonds is 5. The maximum absolute atomic E-state index is 9.73. The molecule has 3 N–H and O–H groups in total. The number of nitrogens with one attached hydrogen (secondary N) is 1. The number of hydrogen-bond acceptors (Lipinski definition) is 6. The average Bonchev–Trinajstić information content (AvgIpc) is 3.12. The first-order valence-electron chi connectivity index (χ1n) is 9.19. The molecule has 30 heavy (non-hydrogen) atoms. The fourth-order valence-corrected chi connectivity index (χ4v) is 3.59. The Bertz CT molecular complexity index is 1160. The van der Waals surface area contributed by atoms with Crippen molar-refractivity contribution in [3.05, 3.63) is 81.3 Å². The fourth-order valence-electron chi connectivity index (χ4n) is 3.46. The monoisotopic (exact) mass is 422 g/mol. The van der Waals surface area contributed by atoms with Crippen LogP contribution >= 0.6 is 11.6 Å². The van der Waals surface area contributed by atoms with Crippen molar-refractivity contribution in [2.75, 3.05) is 7.11 Å². The maximum Gasteiger partial charge on any atom is 0.244 e. The van der Waals surface area contributed by atoms with Crippen molar-refractivity contribution in [1.29, 1.82) is 5.26 Å². The minimum atomic E-state index is -0.429. The van der Waals surface area contributed by atoms with Gasteiger partial charge in [-0.05, 0) is 42.3 Å². The largest absolute Gasteiger partial charge is 0.493 e. The van der Waals surface area contributed by atoms with Crippen LogP contribution in [0.4, 0.5) is 0 Å². The van der Waals surface area contributed by atoms with Gasteiger partial charge in [-0.15, -0.1) is 5.10 Å². The molecular formula is C22H19ClN4O3. The molecule has 0 aliphatic carbocycles. The molecule has 0 bridgehead atoms. The van der Waals surface area contributed by atoms with E-state index in [1.165, 1.54) is 0 Å². The number of methoxy groups -OCH3 is 1. The number of nitrogens with two attached hydrogens (primary N) is 1. The van der Waals surface area contributed by atoms with Gasteiger partial charge in [-0.3, -0.25) is 5.10 Å². The second-order valence-corrected chi connectivity index (χ2v) is 7.25. The summed E-state index contributed by atoms with van der Waals surface area (Å²) in [5.41, 5.74) is 9.67. The molecule has 0 saturated heterocycles. The Labute approximate surface area is 178 Å². The summed E-state index contributed by atoms with van der Waals surface area (Å²) in [4.78, 5) is 0. The second kappa shape index (κ2) is 8.01. The van der Waals surface area contributed by atoms with Crippen molar-refractivity contribution in [1.82, 2.24) is 10.2 Å². The molecule has 3 aromatic rings. The maximum atomic E-state index is 9.73. The summed E-state index contributed by atoms with van der Waals surface area (Å²) in [5, 5.41) is 17.4. The van der Waals surface area contributed by atoms with Gasteiger partial charge in [0.15, 0.2) is 11.5 Å². The van der Waals surface area contributed by atoms with Gasteiger partial charge in [0.25, 0.3) is 0 Å². The number of nitriles is 1. The molecule has 1 atom stereocenters. The summed E-state index contributed by atoms with van der Waals surface area (Å²) in [6.07, 6.45) is 0. The minimum absolute atomic E-state index is 0.0425. The van der Waals surface area contributed by atoms with Gasteiger partial charge in [0, 0.05) is 16.3 Å². The molecule has 0 amide bonds. The smallest absolute Gasteiger partial charge is 0.244 e. The number of aromatic amines is 1. The number of halogens is 1. The van der Waals surface area contributed by atoms with E-state index in [1.807, 2.05) is 49.4 Å². The SMILES string of the molecule is COc1ccc([C@@H]2C(C#N)=C(N)Oc3n[nH]c(C)c32)cc1OCc1ccc(Cl)cc1. The Morgan fingerprint density at radius 1 is 1.23 bits per heavy atom. The Kier molecular flexibility index (Phi) is 5.25. The molecule has 2 aromatic carbocycles. The van der Waals surface area contributed by atoms with E-state index in [-0.39, 0.29) is 5.88 Å². The summed E-state index contributed by atoms with van der Waals surface area (Å²) in [6, 6.07) is 15.1. The zero-order valence-electron chi connectivity index (χ0n) is 16.4. The molecule has 0 unspecified atom stereocenters. The van der Waals surface area contributed by atoms with Gasteiger partial charge in [0.2, 0.25) is 11.8 Å². The van der Waals surface area contributed by atoms with Crippen LogP contribution in [-0.4, -0.2) is 17.3 Å². The van der Waals surface area contributed by atoms with E-state index >= 15 is 0 Å². The van der Waals surface area contributed by atoms with Gasteiger partial charge in [-0.2, -0.15) is 5.26 Å². The first-order chi connectivity index (χ1) is 14.5. The van der Waals surface area contributed by atoms with Gasteiger partial charge in [0.1, 0.15) is 18.2 Å². The number of fused-ring (bicyclic) bond motifs is 1. The van der Waals surface area contributed by atoms with Crippen molar-refractivity contribution >= 4 is 11.6 Å². The van der Waals surface area contributed by atoms with Crippen LogP contribution < -0.4 is 19.9 Å². The van der Waals surface area contributed by atoms with Crippen LogP contribution in [0.2, 0.25) is 5.02 Å². The average molecular weight is 423 g/mol.